The SMILES string of the molecule is COc1c(Cl)cccc1NC(=O)NCCc1ccncc1C. The van der Waals surface area contributed by atoms with Crippen LogP contribution in [-0.2, 0) is 6.42 Å². The summed E-state index contributed by atoms with van der Waals surface area (Å²) in [5, 5.41) is 5.99. The molecule has 6 heteroatoms. The Morgan fingerprint density at radius 1 is 1.36 bits per heavy atom. The van der Waals surface area contributed by atoms with Gasteiger partial charge in [0.05, 0.1) is 17.8 Å². The number of anilines is 1. The molecule has 5 nitrogen and oxygen atoms in total. The van der Waals surface area contributed by atoms with Crippen LogP contribution >= 0.6 is 11.6 Å². The molecule has 0 spiro atoms. The van der Waals surface area contributed by atoms with Gasteiger partial charge in [-0.3, -0.25) is 4.98 Å². The monoisotopic (exact) mass is 319 g/mol. The van der Waals surface area contributed by atoms with Gasteiger partial charge in [0.25, 0.3) is 0 Å². The standard InChI is InChI=1S/C16H18ClN3O2/c1-11-10-18-8-6-12(11)7-9-19-16(21)20-14-5-3-4-13(17)15(14)22-2/h3-6,8,10H,7,9H2,1-2H3,(H2,19,20,21). The second-order valence-electron chi connectivity index (χ2n) is 4.75. The van der Waals surface area contributed by atoms with E-state index in [9.17, 15) is 4.79 Å². The van der Waals surface area contributed by atoms with Crippen molar-refractivity contribution >= 4 is 23.3 Å². The van der Waals surface area contributed by atoms with E-state index in [1.165, 1.54) is 7.11 Å². The van der Waals surface area contributed by atoms with Crippen molar-refractivity contribution in [1.29, 1.82) is 0 Å². The lowest BCUT2D eigenvalue weighted by molar-refractivity contribution is 0.252. The number of nitrogens with one attached hydrogen (secondary N) is 2. The number of methoxy groups -OCH3 is 1. The molecule has 0 atom stereocenters. The Balaban J connectivity index is 1.89. The van der Waals surface area contributed by atoms with E-state index in [1.807, 2.05) is 19.2 Å². The molecule has 116 valence electrons. The average molecular weight is 320 g/mol. The van der Waals surface area contributed by atoms with Gasteiger partial charge in [0.15, 0.2) is 5.75 Å². The number of rotatable bonds is 5. The van der Waals surface area contributed by atoms with Crippen LogP contribution in [0.25, 0.3) is 0 Å². The predicted molar refractivity (Wildman–Crippen MR) is 87.7 cm³/mol. The number of hydrogen-bond acceptors (Lipinski definition) is 3. The predicted octanol–water partition coefficient (Wildman–Crippen LogP) is 3.42. The molecule has 0 aliphatic heterocycles. The summed E-state index contributed by atoms with van der Waals surface area (Å²) >= 11 is 6.01. The number of nitrogens with zero attached hydrogens (tertiary/aromatic N) is 1. The summed E-state index contributed by atoms with van der Waals surface area (Å²) in [5.41, 5.74) is 2.81. The fraction of sp³-hybridized carbons (Fsp3) is 0.250. The highest BCUT2D eigenvalue weighted by Gasteiger charge is 2.10. The zero-order chi connectivity index (χ0) is 15.9. The first-order valence-corrected chi connectivity index (χ1v) is 7.26. The summed E-state index contributed by atoms with van der Waals surface area (Å²) in [6.07, 6.45) is 4.31. The molecule has 2 aromatic rings. The quantitative estimate of drug-likeness (QED) is 0.887. The highest BCUT2D eigenvalue weighted by atomic mass is 35.5. The molecule has 2 N–H and O–H groups in total. The lowest BCUT2D eigenvalue weighted by Gasteiger charge is -2.12. The molecule has 0 saturated heterocycles. The average Bonchev–Trinajstić information content (AvgIpc) is 2.49. The number of carbonyl (C=O) groups excluding carboxylic acids is 1. The fourth-order valence-electron chi connectivity index (χ4n) is 2.07. The molecule has 1 aromatic heterocycles. The normalized spacial score (nSPS) is 10.1. The van der Waals surface area contributed by atoms with Gasteiger partial charge in [-0.25, -0.2) is 4.79 Å². The van der Waals surface area contributed by atoms with Crippen LogP contribution in [0.15, 0.2) is 36.7 Å². The van der Waals surface area contributed by atoms with Crippen molar-refractivity contribution in [2.75, 3.05) is 19.0 Å². The Labute approximate surface area is 134 Å². The summed E-state index contributed by atoms with van der Waals surface area (Å²) in [6.45, 7) is 2.53. The van der Waals surface area contributed by atoms with Gasteiger partial charge in [0.1, 0.15) is 0 Å². The lowest BCUT2D eigenvalue weighted by Crippen LogP contribution is -2.30. The lowest BCUT2D eigenvalue weighted by atomic mass is 10.1. The van der Waals surface area contributed by atoms with Gasteiger partial charge in [0.2, 0.25) is 0 Å². The molecule has 1 aromatic carbocycles. The molecule has 2 amide bonds. The third-order valence-corrected chi connectivity index (χ3v) is 3.53. The van der Waals surface area contributed by atoms with Crippen LogP contribution in [0.2, 0.25) is 5.02 Å². The number of para-hydroxylation sites is 1. The third kappa shape index (κ3) is 4.11. The first kappa shape index (κ1) is 16.1. The maximum atomic E-state index is 11.9. The van der Waals surface area contributed by atoms with Crippen LogP contribution < -0.4 is 15.4 Å². The molecule has 0 radical (unpaired) electrons. The number of hydrogen-bond donors (Lipinski definition) is 2. The van der Waals surface area contributed by atoms with Crippen LogP contribution in [0, 0.1) is 6.92 Å². The van der Waals surface area contributed by atoms with E-state index in [1.54, 1.807) is 24.4 Å². The highest BCUT2D eigenvalue weighted by molar-refractivity contribution is 6.32. The van der Waals surface area contributed by atoms with Crippen molar-refractivity contribution in [3.63, 3.8) is 0 Å². The van der Waals surface area contributed by atoms with Crippen molar-refractivity contribution in [3.8, 4) is 5.75 Å². The number of carbonyl (C=O) groups is 1. The molecule has 0 unspecified atom stereocenters. The van der Waals surface area contributed by atoms with E-state index in [0.717, 1.165) is 17.5 Å². The number of benzene rings is 1. The summed E-state index contributed by atoms with van der Waals surface area (Å²) in [6, 6.07) is 6.84. The minimum absolute atomic E-state index is 0.299. The van der Waals surface area contributed by atoms with E-state index < -0.39 is 0 Å². The molecule has 22 heavy (non-hydrogen) atoms. The van der Waals surface area contributed by atoms with Gasteiger partial charge in [0, 0.05) is 18.9 Å². The van der Waals surface area contributed by atoms with Crippen LogP contribution in [0.4, 0.5) is 10.5 Å². The number of halogens is 1. The number of urea groups is 1. The van der Waals surface area contributed by atoms with Crippen molar-refractivity contribution in [3.05, 3.63) is 52.8 Å². The molecule has 0 aliphatic carbocycles. The zero-order valence-corrected chi connectivity index (χ0v) is 13.3. The summed E-state index contributed by atoms with van der Waals surface area (Å²) < 4.78 is 5.19. The number of aryl methyl sites for hydroxylation is 1. The maximum Gasteiger partial charge on any atom is 0.319 e. The molecule has 2 rings (SSSR count). The van der Waals surface area contributed by atoms with Crippen molar-refractivity contribution in [1.82, 2.24) is 10.3 Å². The molecule has 0 bridgehead atoms. The van der Waals surface area contributed by atoms with Gasteiger partial charge in [-0.2, -0.15) is 0 Å². The van der Waals surface area contributed by atoms with Gasteiger partial charge >= 0.3 is 6.03 Å². The zero-order valence-electron chi connectivity index (χ0n) is 12.5. The summed E-state index contributed by atoms with van der Waals surface area (Å²) in [7, 11) is 1.51. The number of ether oxygens (including phenoxy) is 1. The van der Waals surface area contributed by atoms with E-state index in [-0.39, 0.29) is 6.03 Å². The Kier molecular flexibility index (Phi) is 5.61. The van der Waals surface area contributed by atoms with E-state index in [4.69, 9.17) is 16.3 Å². The number of pyridine rings is 1. The first-order valence-electron chi connectivity index (χ1n) is 6.88. The maximum absolute atomic E-state index is 11.9. The van der Waals surface area contributed by atoms with Crippen molar-refractivity contribution in [2.45, 2.75) is 13.3 Å². The van der Waals surface area contributed by atoms with Gasteiger partial charge < -0.3 is 15.4 Å². The third-order valence-electron chi connectivity index (χ3n) is 3.24. The smallest absolute Gasteiger partial charge is 0.319 e. The van der Waals surface area contributed by atoms with E-state index in [2.05, 4.69) is 15.6 Å². The topological polar surface area (TPSA) is 63.2 Å². The van der Waals surface area contributed by atoms with Crippen molar-refractivity contribution < 1.29 is 9.53 Å². The second-order valence-corrected chi connectivity index (χ2v) is 5.16. The minimum Gasteiger partial charge on any atom is -0.493 e. The molecule has 0 fully saturated rings. The number of amides is 2. The Bertz CT molecular complexity index is 662. The highest BCUT2D eigenvalue weighted by Crippen LogP contribution is 2.32. The second kappa shape index (κ2) is 7.66. The number of aromatic nitrogens is 1. The van der Waals surface area contributed by atoms with E-state index in [0.29, 0.717) is 23.0 Å². The molecule has 0 saturated carbocycles. The van der Waals surface area contributed by atoms with Crippen molar-refractivity contribution in [2.24, 2.45) is 0 Å². The Morgan fingerprint density at radius 3 is 2.91 bits per heavy atom. The molecular formula is C16H18ClN3O2. The van der Waals surface area contributed by atoms with Crippen LogP contribution in [0.1, 0.15) is 11.1 Å². The Hall–Kier alpha value is -2.27. The van der Waals surface area contributed by atoms with Crippen LogP contribution in [0.3, 0.4) is 0 Å². The molecule has 1 heterocycles. The summed E-state index contributed by atoms with van der Waals surface area (Å²) in [4.78, 5) is 16.0. The first-order chi connectivity index (χ1) is 10.6. The Morgan fingerprint density at radius 2 is 2.18 bits per heavy atom. The minimum atomic E-state index is -0.299. The van der Waals surface area contributed by atoms with Gasteiger partial charge in [-0.1, -0.05) is 17.7 Å². The van der Waals surface area contributed by atoms with Gasteiger partial charge in [-0.05, 0) is 42.7 Å². The van der Waals surface area contributed by atoms with Crippen LogP contribution in [0.5, 0.6) is 5.75 Å². The summed E-state index contributed by atoms with van der Waals surface area (Å²) in [5.74, 6) is 0.448. The largest absolute Gasteiger partial charge is 0.493 e. The van der Waals surface area contributed by atoms with E-state index >= 15 is 0 Å². The fourth-order valence-corrected chi connectivity index (χ4v) is 2.33. The molecule has 0 aliphatic rings. The molecular weight excluding hydrogens is 302 g/mol. The van der Waals surface area contributed by atoms with Gasteiger partial charge in [-0.15, -0.1) is 0 Å². The van der Waals surface area contributed by atoms with Crippen LogP contribution in [-0.4, -0.2) is 24.7 Å².